The maximum Gasteiger partial charge on any atom is 0.460 e. The molecule has 168 valence electrons. The molecule has 0 aliphatic rings. The zero-order valence-corrected chi connectivity index (χ0v) is 12.0. The summed E-state index contributed by atoms with van der Waals surface area (Å²) in [5, 5.41) is 0. The highest BCUT2D eigenvalue weighted by Gasteiger charge is 2.83. The molecule has 0 nitrogen and oxygen atoms in total. The SMILES string of the molecule is FCC(F)(F)C(F)(F)C(F)(F)C(F)(F)/C(F)=C(\F)C(F)(F)C(F)(F)C(F)(F)F. The van der Waals surface area contributed by atoms with Crippen LogP contribution in [0.5, 0.6) is 0 Å². The molecular formula is C10H2F18. The van der Waals surface area contributed by atoms with E-state index < -0.39 is 60.0 Å². The first-order chi connectivity index (χ1) is 11.9. The van der Waals surface area contributed by atoms with Gasteiger partial charge in [0, 0.05) is 0 Å². The van der Waals surface area contributed by atoms with Gasteiger partial charge in [0.05, 0.1) is 0 Å². The minimum Gasteiger partial charge on any atom is -0.244 e. The zero-order valence-electron chi connectivity index (χ0n) is 12.0. The number of hydrogen-bond donors (Lipinski definition) is 0. The van der Waals surface area contributed by atoms with Crippen LogP contribution in [0.15, 0.2) is 11.7 Å². The van der Waals surface area contributed by atoms with Gasteiger partial charge in [0.25, 0.3) is 0 Å². The first kappa shape index (κ1) is 26.5. The Morgan fingerprint density at radius 3 is 1.00 bits per heavy atom. The van der Waals surface area contributed by atoms with Crippen molar-refractivity contribution in [3.8, 4) is 0 Å². The largest absolute Gasteiger partial charge is 0.460 e. The van der Waals surface area contributed by atoms with Crippen molar-refractivity contribution in [3.63, 3.8) is 0 Å². The summed E-state index contributed by atoms with van der Waals surface area (Å²) in [5.41, 5.74) is 0. The zero-order chi connectivity index (χ0) is 23.4. The van der Waals surface area contributed by atoms with Crippen molar-refractivity contribution in [3.05, 3.63) is 11.7 Å². The van der Waals surface area contributed by atoms with E-state index in [2.05, 4.69) is 0 Å². The van der Waals surface area contributed by atoms with Crippen LogP contribution in [0.25, 0.3) is 0 Å². The Hall–Kier alpha value is -1.52. The van der Waals surface area contributed by atoms with Gasteiger partial charge in [-0.2, -0.15) is 65.9 Å². The summed E-state index contributed by atoms with van der Waals surface area (Å²) in [6.45, 7) is -3.83. The molecule has 0 aliphatic heterocycles. The summed E-state index contributed by atoms with van der Waals surface area (Å²) in [7, 11) is 0. The molecule has 0 aromatic rings. The third-order valence-electron chi connectivity index (χ3n) is 2.91. The fraction of sp³-hybridized carbons (Fsp3) is 0.800. The van der Waals surface area contributed by atoms with Crippen molar-refractivity contribution in [1.29, 1.82) is 0 Å². The van der Waals surface area contributed by atoms with Crippen LogP contribution in [0.3, 0.4) is 0 Å². The van der Waals surface area contributed by atoms with Crippen LogP contribution < -0.4 is 0 Å². The number of halogens is 18. The van der Waals surface area contributed by atoms with Crippen LogP contribution >= 0.6 is 0 Å². The van der Waals surface area contributed by atoms with Gasteiger partial charge in [-0.15, -0.1) is 0 Å². The van der Waals surface area contributed by atoms with Gasteiger partial charge in [0.1, 0.15) is 0 Å². The molecule has 0 aromatic heterocycles. The first-order valence-electron chi connectivity index (χ1n) is 5.83. The van der Waals surface area contributed by atoms with Crippen LogP contribution in [-0.4, -0.2) is 48.4 Å². The number of allylic oxidation sites excluding steroid dienone is 2. The van der Waals surface area contributed by atoms with Gasteiger partial charge in [-0.25, -0.2) is 13.2 Å². The van der Waals surface area contributed by atoms with Gasteiger partial charge in [0.15, 0.2) is 6.67 Å². The molecule has 0 bridgehead atoms. The summed E-state index contributed by atoms with van der Waals surface area (Å²) >= 11 is 0. The van der Waals surface area contributed by atoms with Gasteiger partial charge < -0.3 is 0 Å². The molecule has 0 aromatic carbocycles. The Kier molecular flexibility index (Phi) is 6.41. The second-order valence-corrected chi connectivity index (χ2v) is 4.84. The monoisotopic (exact) mass is 464 g/mol. The van der Waals surface area contributed by atoms with Gasteiger partial charge in [-0.1, -0.05) is 0 Å². The van der Waals surface area contributed by atoms with Gasteiger partial charge in [-0.3, -0.25) is 0 Å². The molecule has 28 heavy (non-hydrogen) atoms. The highest BCUT2D eigenvalue weighted by molar-refractivity contribution is 5.25. The molecule has 0 spiro atoms. The summed E-state index contributed by atoms with van der Waals surface area (Å²) < 4.78 is 225. The molecule has 0 atom stereocenters. The predicted molar refractivity (Wildman–Crippen MR) is 51.0 cm³/mol. The van der Waals surface area contributed by atoms with Crippen molar-refractivity contribution < 1.29 is 79.0 Å². The quantitative estimate of drug-likeness (QED) is 0.379. The minimum absolute atomic E-state index is 3.83. The molecule has 0 fully saturated rings. The molecular weight excluding hydrogens is 462 g/mol. The molecule has 0 heterocycles. The highest BCUT2D eigenvalue weighted by atomic mass is 19.4. The molecule has 0 unspecified atom stereocenters. The number of rotatable bonds is 7. The molecule has 0 radical (unpaired) electrons. The molecule has 0 N–H and O–H groups in total. The summed E-state index contributed by atoms with van der Waals surface area (Å²) in [6, 6.07) is 0. The van der Waals surface area contributed by atoms with E-state index in [0.717, 1.165) is 0 Å². The van der Waals surface area contributed by atoms with Gasteiger partial charge >= 0.3 is 41.7 Å². The van der Waals surface area contributed by atoms with E-state index in [4.69, 9.17) is 0 Å². The summed E-state index contributed by atoms with van der Waals surface area (Å²) in [5.74, 6) is -56.3. The van der Waals surface area contributed by atoms with E-state index in [-0.39, 0.29) is 0 Å². The summed E-state index contributed by atoms with van der Waals surface area (Å²) in [4.78, 5) is 0. The normalized spacial score (nSPS) is 16.9. The molecule has 0 saturated heterocycles. The maximum absolute atomic E-state index is 13.0. The van der Waals surface area contributed by atoms with E-state index in [1.165, 1.54) is 0 Å². The third-order valence-corrected chi connectivity index (χ3v) is 2.91. The molecule has 18 heteroatoms. The Balaban J connectivity index is 6.65. The Bertz CT molecular complexity index is 606. The molecule has 0 rings (SSSR count). The lowest BCUT2D eigenvalue weighted by molar-refractivity contribution is -0.364. The van der Waals surface area contributed by atoms with Crippen LogP contribution in [0.1, 0.15) is 0 Å². The van der Waals surface area contributed by atoms with Crippen molar-refractivity contribution in [1.82, 2.24) is 0 Å². The van der Waals surface area contributed by atoms with Crippen molar-refractivity contribution in [2.24, 2.45) is 0 Å². The second kappa shape index (κ2) is 6.77. The predicted octanol–water partition coefficient (Wildman–Crippen LogP) is 6.48. The van der Waals surface area contributed by atoms with E-state index in [9.17, 15) is 79.0 Å². The smallest absolute Gasteiger partial charge is 0.244 e. The van der Waals surface area contributed by atoms with Crippen molar-refractivity contribution >= 4 is 0 Å². The second-order valence-electron chi connectivity index (χ2n) is 4.84. The van der Waals surface area contributed by atoms with E-state index in [1.54, 1.807) is 0 Å². The van der Waals surface area contributed by atoms with Crippen LogP contribution in [-0.2, 0) is 0 Å². The third kappa shape index (κ3) is 3.46. The van der Waals surface area contributed by atoms with Crippen molar-refractivity contribution in [2.75, 3.05) is 6.67 Å². The van der Waals surface area contributed by atoms with Crippen LogP contribution in [0.4, 0.5) is 79.0 Å². The summed E-state index contributed by atoms with van der Waals surface area (Å²) in [6.07, 6.45) is -7.50. The standard InChI is InChI=1S/C10H2F18/c11-1-4(14,15)7(20,21)8(22,23)5(16,17)2(12)3(13)6(18,19)9(24,25)10(26,27)28/h1H2/b3-2+. The molecule has 0 aliphatic carbocycles. The van der Waals surface area contributed by atoms with E-state index >= 15 is 0 Å². The fourth-order valence-corrected chi connectivity index (χ4v) is 1.24. The highest BCUT2D eigenvalue weighted by Crippen LogP contribution is 2.58. The Labute approximate surface area is 140 Å². The van der Waals surface area contributed by atoms with E-state index in [0.29, 0.717) is 0 Å². The Morgan fingerprint density at radius 2 is 0.750 bits per heavy atom. The molecule has 0 amide bonds. The fourth-order valence-electron chi connectivity index (χ4n) is 1.24. The average Bonchev–Trinajstić information content (AvgIpc) is 2.51. The topological polar surface area (TPSA) is 0 Å². The number of hydrogen-bond acceptors (Lipinski definition) is 0. The first-order valence-corrected chi connectivity index (χ1v) is 5.83. The van der Waals surface area contributed by atoms with Crippen molar-refractivity contribution in [2.45, 2.75) is 41.7 Å². The van der Waals surface area contributed by atoms with E-state index in [1.807, 2.05) is 0 Å². The maximum atomic E-state index is 13.0. The van der Waals surface area contributed by atoms with Gasteiger partial charge in [0.2, 0.25) is 11.7 Å². The molecule has 0 saturated carbocycles. The lowest BCUT2D eigenvalue weighted by Gasteiger charge is -2.35. The lowest BCUT2D eigenvalue weighted by Crippen LogP contribution is -2.63. The van der Waals surface area contributed by atoms with Crippen LogP contribution in [0, 0.1) is 0 Å². The average molecular weight is 464 g/mol. The lowest BCUT2D eigenvalue weighted by atomic mass is 9.96. The number of alkyl halides is 16. The Morgan fingerprint density at radius 1 is 0.464 bits per heavy atom. The van der Waals surface area contributed by atoms with Crippen LogP contribution in [0.2, 0.25) is 0 Å². The minimum atomic E-state index is -7.99. The van der Waals surface area contributed by atoms with Gasteiger partial charge in [-0.05, 0) is 0 Å².